The Morgan fingerprint density at radius 3 is 3.11 bits per heavy atom. The van der Waals surface area contributed by atoms with Crippen molar-refractivity contribution in [1.29, 1.82) is 0 Å². The fourth-order valence-electron chi connectivity index (χ4n) is 2.48. The third-order valence-corrected chi connectivity index (χ3v) is 4.22. The van der Waals surface area contributed by atoms with E-state index in [0.717, 1.165) is 41.8 Å². The van der Waals surface area contributed by atoms with Crippen LogP contribution in [0.2, 0.25) is 0 Å². The third kappa shape index (κ3) is 2.26. The van der Waals surface area contributed by atoms with Gasteiger partial charge < -0.3 is 16.2 Å². The Hall–Kier alpha value is -1.40. The van der Waals surface area contributed by atoms with Crippen LogP contribution in [-0.4, -0.2) is 27.7 Å². The Morgan fingerprint density at radius 2 is 2.33 bits per heavy atom. The Kier molecular flexibility index (Phi) is 3.05. The van der Waals surface area contributed by atoms with Gasteiger partial charge in [-0.05, 0) is 36.6 Å². The molecule has 2 aromatic rings. The van der Waals surface area contributed by atoms with Crippen LogP contribution >= 0.6 is 11.3 Å². The van der Waals surface area contributed by atoms with Crippen molar-refractivity contribution in [3.8, 4) is 0 Å². The van der Waals surface area contributed by atoms with Crippen molar-refractivity contribution in [3.63, 3.8) is 0 Å². The molecule has 1 aliphatic rings. The molecule has 1 fully saturated rings. The van der Waals surface area contributed by atoms with Crippen molar-refractivity contribution >= 4 is 33.3 Å². The molecular formula is C12H16N4OS. The Morgan fingerprint density at radius 1 is 1.44 bits per heavy atom. The van der Waals surface area contributed by atoms with Crippen molar-refractivity contribution in [2.24, 2.45) is 5.92 Å². The Balaban J connectivity index is 1.75. The van der Waals surface area contributed by atoms with Gasteiger partial charge in [-0.15, -0.1) is 11.3 Å². The summed E-state index contributed by atoms with van der Waals surface area (Å²) < 4.78 is 0. The zero-order chi connectivity index (χ0) is 12.5. The fourth-order valence-corrected chi connectivity index (χ4v) is 3.25. The summed E-state index contributed by atoms with van der Waals surface area (Å²) in [6.45, 7) is 0.832. The lowest BCUT2D eigenvalue weighted by Crippen LogP contribution is -2.14. The van der Waals surface area contributed by atoms with E-state index in [1.54, 1.807) is 11.3 Å². The molecule has 4 N–H and O–H groups in total. The first-order valence-corrected chi connectivity index (χ1v) is 7.03. The fraction of sp³-hybridized carbons (Fsp3) is 0.500. The molecule has 0 amide bonds. The number of fused-ring (bicyclic) bond motifs is 1. The molecule has 2 unspecified atom stereocenters. The molecule has 2 atom stereocenters. The zero-order valence-electron chi connectivity index (χ0n) is 9.97. The van der Waals surface area contributed by atoms with E-state index in [1.807, 2.05) is 11.4 Å². The van der Waals surface area contributed by atoms with E-state index in [1.165, 1.54) is 0 Å². The molecule has 0 aromatic carbocycles. The molecule has 5 nitrogen and oxygen atoms in total. The summed E-state index contributed by atoms with van der Waals surface area (Å²) in [5.74, 6) is 1.63. The minimum Gasteiger partial charge on any atom is -0.393 e. The number of hydrogen-bond acceptors (Lipinski definition) is 6. The number of nitrogens with zero attached hydrogens (tertiary/aromatic N) is 2. The van der Waals surface area contributed by atoms with E-state index in [2.05, 4.69) is 15.3 Å². The molecule has 2 heterocycles. The molecule has 3 rings (SSSR count). The van der Waals surface area contributed by atoms with Gasteiger partial charge in [0.05, 0.1) is 11.5 Å². The first kappa shape index (κ1) is 11.7. The number of nitrogen functional groups attached to an aromatic ring is 1. The van der Waals surface area contributed by atoms with Crippen LogP contribution in [0.5, 0.6) is 0 Å². The highest BCUT2D eigenvalue weighted by molar-refractivity contribution is 7.16. The second-order valence-corrected chi connectivity index (χ2v) is 5.68. The van der Waals surface area contributed by atoms with Crippen LogP contribution in [0.15, 0.2) is 11.4 Å². The van der Waals surface area contributed by atoms with Crippen LogP contribution in [-0.2, 0) is 0 Å². The molecule has 0 spiro atoms. The second kappa shape index (κ2) is 4.70. The standard InChI is InChI=1S/C12H16N4OS/c13-12-15-10(9-3-4-18-11(9)16-12)14-6-7-1-2-8(17)5-7/h3-4,7-8,17H,1-2,5-6H2,(H3,13,14,15,16). The number of thiophene rings is 1. The van der Waals surface area contributed by atoms with Crippen molar-refractivity contribution in [3.05, 3.63) is 11.4 Å². The van der Waals surface area contributed by atoms with E-state index < -0.39 is 0 Å². The number of aromatic nitrogens is 2. The van der Waals surface area contributed by atoms with Crippen LogP contribution in [0.3, 0.4) is 0 Å². The van der Waals surface area contributed by atoms with Gasteiger partial charge in [0.15, 0.2) is 0 Å². The summed E-state index contributed by atoms with van der Waals surface area (Å²) in [6, 6.07) is 2.01. The number of nitrogens with one attached hydrogen (secondary N) is 1. The first-order valence-electron chi connectivity index (χ1n) is 6.15. The van der Waals surface area contributed by atoms with Gasteiger partial charge in [0.2, 0.25) is 5.95 Å². The lowest BCUT2D eigenvalue weighted by atomic mass is 10.1. The van der Waals surface area contributed by atoms with Crippen molar-refractivity contribution in [1.82, 2.24) is 9.97 Å². The van der Waals surface area contributed by atoms with Crippen LogP contribution in [0.4, 0.5) is 11.8 Å². The van der Waals surface area contributed by atoms with E-state index in [0.29, 0.717) is 11.9 Å². The maximum Gasteiger partial charge on any atom is 0.223 e. The van der Waals surface area contributed by atoms with E-state index in [9.17, 15) is 5.11 Å². The summed E-state index contributed by atoms with van der Waals surface area (Å²) in [5, 5.41) is 15.9. The summed E-state index contributed by atoms with van der Waals surface area (Å²) >= 11 is 1.56. The highest BCUT2D eigenvalue weighted by atomic mass is 32.1. The van der Waals surface area contributed by atoms with Gasteiger partial charge in [0, 0.05) is 6.54 Å². The van der Waals surface area contributed by atoms with Gasteiger partial charge in [-0.1, -0.05) is 0 Å². The molecule has 2 aromatic heterocycles. The lowest BCUT2D eigenvalue weighted by Gasteiger charge is -2.12. The van der Waals surface area contributed by atoms with Gasteiger partial charge in [-0.25, -0.2) is 4.98 Å². The predicted molar refractivity (Wildman–Crippen MR) is 73.7 cm³/mol. The second-order valence-electron chi connectivity index (χ2n) is 4.78. The van der Waals surface area contributed by atoms with Gasteiger partial charge in [0.25, 0.3) is 0 Å². The van der Waals surface area contributed by atoms with Crippen LogP contribution < -0.4 is 11.1 Å². The highest BCUT2D eigenvalue weighted by Gasteiger charge is 2.22. The smallest absolute Gasteiger partial charge is 0.223 e. The lowest BCUT2D eigenvalue weighted by molar-refractivity contribution is 0.178. The van der Waals surface area contributed by atoms with Gasteiger partial charge in [-0.2, -0.15) is 4.98 Å². The monoisotopic (exact) mass is 264 g/mol. The average Bonchev–Trinajstić information content (AvgIpc) is 2.94. The molecule has 1 saturated carbocycles. The van der Waals surface area contributed by atoms with Crippen molar-refractivity contribution in [2.75, 3.05) is 17.6 Å². The molecular weight excluding hydrogens is 248 g/mol. The van der Waals surface area contributed by atoms with Crippen molar-refractivity contribution < 1.29 is 5.11 Å². The normalized spacial score (nSPS) is 23.6. The minimum atomic E-state index is -0.131. The molecule has 18 heavy (non-hydrogen) atoms. The topological polar surface area (TPSA) is 84.1 Å². The molecule has 1 aliphatic carbocycles. The van der Waals surface area contributed by atoms with Crippen LogP contribution in [0, 0.1) is 5.92 Å². The molecule has 0 saturated heterocycles. The number of aliphatic hydroxyl groups is 1. The summed E-state index contributed by atoms with van der Waals surface area (Å²) in [6.07, 6.45) is 2.72. The number of anilines is 2. The summed E-state index contributed by atoms with van der Waals surface area (Å²) in [7, 11) is 0. The SMILES string of the molecule is Nc1nc(NCC2CCC(O)C2)c2ccsc2n1. The number of nitrogens with two attached hydrogens (primary N) is 1. The maximum absolute atomic E-state index is 9.51. The summed E-state index contributed by atoms with van der Waals surface area (Å²) in [4.78, 5) is 9.36. The number of rotatable bonds is 3. The number of aliphatic hydroxyl groups excluding tert-OH is 1. The van der Waals surface area contributed by atoms with E-state index in [-0.39, 0.29) is 6.10 Å². The zero-order valence-corrected chi connectivity index (χ0v) is 10.8. The summed E-state index contributed by atoms with van der Waals surface area (Å²) in [5.41, 5.74) is 5.69. The largest absolute Gasteiger partial charge is 0.393 e. The molecule has 96 valence electrons. The van der Waals surface area contributed by atoms with E-state index >= 15 is 0 Å². The van der Waals surface area contributed by atoms with E-state index in [4.69, 9.17) is 5.73 Å². The quantitative estimate of drug-likeness (QED) is 0.788. The molecule has 0 radical (unpaired) electrons. The Bertz CT molecular complexity index is 556. The van der Waals surface area contributed by atoms with Crippen molar-refractivity contribution in [2.45, 2.75) is 25.4 Å². The maximum atomic E-state index is 9.51. The molecule has 0 bridgehead atoms. The van der Waals surface area contributed by atoms with Gasteiger partial charge in [0.1, 0.15) is 10.6 Å². The van der Waals surface area contributed by atoms with Crippen LogP contribution in [0.25, 0.3) is 10.2 Å². The molecule has 6 heteroatoms. The highest BCUT2D eigenvalue weighted by Crippen LogP contribution is 2.28. The average molecular weight is 264 g/mol. The predicted octanol–water partition coefficient (Wildman–Crippen LogP) is 1.85. The van der Waals surface area contributed by atoms with Gasteiger partial charge >= 0.3 is 0 Å². The number of hydrogen-bond donors (Lipinski definition) is 3. The molecule has 0 aliphatic heterocycles. The third-order valence-electron chi connectivity index (χ3n) is 3.41. The van der Waals surface area contributed by atoms with Gasteiger partial charge in [-0.3, -0.25) is 0 Å². The minimum absolute atomic E-state index is 0.131. The first-order chi connectivity index (χ1) is 8.72. The van der Waals surface area contributed by atoms with Crippen LogP contribution in [0.1, 0.15) is 19.3 Å². The Labute approximate surface area is 109 Å².